The summed E-state index contributed by atoms with van der Waals surface area (Å²) in [7, 11) is -1.75. The third-order valence-electron chi connectivity index (χ3n) is 1.42. The Labute approximate surface area is 166 Å². The summed E-state index contributed by atoms with van der Waals surface area (Å²) in [5.74, 6) is 0. The first-order valence-electron chi connectivity index (χ1n) is 6.51. The summed E-state index contributed by atoms with van der Waals surface area (Å²) < 4.78 is 4.56. The van der Waals surface area contributed by atoms with E-state index in [9.17, 15) is 0 Å². The zero-order valence-electron chi connectivity index (χ0n) is 14.0. The molecule has 0 aromatic heterocycles. The molecule has 6 radical (unpaired) electrons. The van der Waals surface area contributed by atoms with Crippen LogP contribution >= 0.6 is 0 Å². The van der Waals surface area contributed by atoms with Crippen LogP contribution in [0.15, 0.2) is 0 Å². The standard InChI is InChI=1S/3C4H11Si.3Bi/c3*1-5(2,3)4;;;/h3*1H2,2-4H3;;;. The zero-order valence-corrected chi connectivity index (χ0v) is 27.4. The Kier molecular flexibility index (Phi) is 18.6. The first-order valence-corrected chi connectivity index (χ1v) is 25.0. The summed E-state index contributed by atoms with van der Waals surface area (Å²) in [5, 5.41) is 0. The molecule has 0 rings (SSSR count). The third kappa shape index (κ3) is 42.7. The fraction of sp³-hybridized carbons (Fsp3) is 1.00. The van der Waals surface area contributed by atoms with E-state index in [1.807, 2.05) is 0 Å². The van der Waals surface area contributed by atoms with Crippen molar-refractivity contribution in [3.63, 3.8) is 0 Å². The molecule has 0 bridgehead atoms. The summed E-state index contributed by atoms with van der Waals surface area (Å²) in [5.41, 5.74) is 0. The Morgan fingerprint density at radius 1 is 0.444 bits per heavy atom. The van der Waals surface area contributed by atoms with Crippen LogP contribution in [-0.2, 0) is 0 Å². The average molecular weight is 889 g/mol. The Morgan fingerprint density at radius 3 is 0.500 bits per heavy atom. The van der Waals surface area contributed by atoms with Crippen LogP contribution in [0.3, 0.4) is 0 Å². The van der Waals surface area contributed by atoms with Gasteiger partial charge in [-0.25, -0.2) is 0 Å². The van der Waals surface area contributed by atoms with Crippen molar-refractivity contribution in [2.45, 2.75) is 70.2 Å². The monoisotopic (exact) mass is 888 g/mol. The van der Waals surface area contributed by atoms with Crippen LogP contribution in [0.5, 0.6) is 0 Å². The first-order chi connectivity index (χ1) is 7.68. The summed E-state index contributed by atoms with van der Waals surface area (Å²) in [6, 6.07) is 0. The third-order valence-corrected chi connectivity index (χ3v) is 37.5. The fourth-order valence-corrected chi connectivity index (χ4v) is 0. The van der Waals surface area contributed by atoms with E-state index in [0.717, 1.165) is 0 Å². The van der Waals surface area contributed by atoms with E-state index in [4.69, 9.17) is 0 Å². The molecule has 0 aromatic rings. The molecule has 0 fully saturated rings. The van der Waals surface area contributed by atoms with Gasteiger partial charge in [-0.2, -0.15) is 0 Å². The van der Waals surface area contributed by atoms with Gasteiger partial charge in [0.25, 0.3) is 0 Å². The molecule has 0 nitrogen and oxygen atoms in total. The molecule has 0 aliphatic carbocycles. The molecule has 6 heteroatoms. The topological polar surface area (TPSA) is 0 Å². The van der Waals surface area contributed by atoms with E-state index in [1.54, 1.807) is 74.2 Å². The van der Waals surface area contributed by atoms with Crippen molar-refractivity contribution in [1.29, 1.82) is 0 Å². The predicted molar refractivity (Wildman–Crippen MR) is 102 cm³/mol. The van der Waals surface area contributed by atoms with Gasteiger partial charge in [0.05, 0.1) is 0 Å². The van der Waals surface area contributed by atoms with Gasteiger partial charge in [-0.05, 0) is 0 Å². The summed E-state index contributed by atoms with van der Waals surface area (Å²) in [6.07, 6.45) is 0. The summed E-state index contributed by atoms with van der Waals surface area (Å²) in [4.78, 5) is 0. The van der Waals surface area contributed by atoms with Gasteiger partial charge in [0, 0.05) is 0 Å². The Bertz CT molecular complexity index is 145. The Hall–Kier alpha value is 3.30. The fourth-order valence-electron chi connectivity index (χ4n) is 0. The predicted octanol–water partition coefficient (Wildman–Crippen LogP) is 4.35. The van der Waals surface area contributed by atoms with Gasteiger partial charge >= 0.3 is 169 Å². The molecule has 0 spiro atoms. The Balaban J connectivity index is -0.000000187. The molecule has 0 saturated carbocycles. The van der Waals surface area contributed by atoms with Crippen molar-refractivity contribution in [2.75, 3.05) is 0 Å². The van der Waals surface area contributed by atoms with Gasteiger partial charge in [-0.3, -0.25) is 0 Å². The quantitative estimate of drug-likeness (QED) is 0.371. The van der Waals surface area contributed by atoms with Gasteiger partial charge in [0.1, 0.15) is 0 Å². The van der Waals surface area contributed by atoms with E-state index < -0.39 is 24.2 Å². The van der Waals surface area contributed by atoms with E-state index in [1.165, 1.54) is 11.3 Å². The number of hydrogen-bond donors (Lipinski definition) is 0. The molecule has 0 unspecified atom stereocenters. The van der Waals surface area contributed by atoms with Gasteiger partial charge in [-0.15, -0.1) is 0 Å². The van der Waals surface area contributed by atoms with E-state index >= 15 is 0 Å². The number of hydrogen-bond acceptors (Lipinski definition) is 0. The van der Waals surface area contributed by atoms with Crippen molar-refractivity contribution in [3.05, 3.63) is 0 Å². The zero-order chi connectivity index (χ0) is 15.6. The van der Waals surface area contributed by atoms with E-state index in [2.05, 4.69) is 58.9 Å². The van der Waals surface area contributed by atoms with Crippen molar-refractivity contribution < 1.29 is 0 Å². The van der Waals surface area contributed by atoms with Gasteiger partial charge in [-0.1, -0.05) is 0 Å². The second-order valence-corrected chi connectivity index (χ2v) is 35.5. The van der Waals surface area contributed by atoms with Crippen molar-refractivity contribution in [3.8, 4) is 0 Å². The van der Waals surface area contributed by atoms with Gasteiger partial charge < -0.3 is 0 Å². The number of rotatable bonds is 3. The molecule has 108 valence electrons. The Morgan fingerprint density at radius 2 is 0.500 bits per heavy atom. The molecular formula is C12H33Bi3Si3. The van der Waals surface area contributed by atoms with Crippen molar-refractivity contribution >= 4 is 98.4 Å². The van der Waals surface area contributed by atoms with Crippen LogP contribution in [0.25, 0.3) is 0 Å². The molecule has 0 aromatic carbocycles. The molecule has 0 saturated heterocycles. The minimum atomic E-state index is -0.582. The normalized spacial score (nSPS) is 12.0. The summed E-state index contributed by atoms with van der Waals surface area (Å²) >= 11 is 4.75. The van der Waals surface area contributed by atoms with Gasteiger partial charge in [0.15, 0.2) is 0 Å². The van der Waals surface area contributed by atoms with Gasteiger partial charge in [0.2, 0.25) is 0 Å². The molecule has 0 amide bonds. The molecule has 0 N–H and O–H groups in total. The first kappa shape index (κ1) is 26.2. The van der Waals surface area contributed by atoms with Crippen LogP contribution in [0, 0.1) is 0 Å². The second kappa shape index (κ2) is 12.8. The molecule has 18 heavy (non-hydrogen) atoms. The maximum absolute atomic E-state index is 2.41. The molecule has 0 aliphatic rings. The van der Waals surface area contributed by atoms with Crippen molar-refractivity contribution in [1.82, 2.24) is 0 Å². The molecular weight excluding hydrogens is 855 g/mol. The van der Waals surface area contributed by atoms with Crippen LogP contribution in [0.1, 0.15) is 0 Å². The second-order valence-electron chi connectivity index (χ2n) is 8.16. The SMILES string of the molecule is C[Si](C)(C)[CH2][Bi].C[Si](C)(C)[CH2][Bi].C[Si](C)(C)[CH2][Bi]. The van der Waals surface area contributed by atoms with E-state index in [-0.39, 0.29) is 0 Å². The maximum atomic E-state index is 2.41. The minimum absolute atomic E-state index is 0.582. The van der Waals surface area contributed by atoms with E-state index in [0.29, 0.717) is 0 Å². The summed E-state index contributed by atoms with van der Waals surface area (Å²) in [6.45, 7) is 21.7. The van der Waals surface area contributed by atoms with Crippen LogP contribution in [0.4, 0.5) is 0 Å². The van der Waals surface area contributed by atoms with Crippen LogP contribution < -0.4 is 0 Å². The van der Waals surface area contributed by atoms with Crippen LogP contribution in [0.2, 0.25) is 70.2 Å². The average Bonchev–Trinajstić information content (AvgIpc) is 2.16. The molecule has 0 atom stereocenters. The molecule has 0 heterocycles. The van der Waals surface area contributed by atoms with Crippen LogP contribution in [-0.4, -0.2) is 98.4 Å². The molecule has 0 aliphatic heterocycles. The van der Waals surface area contributed by atoms with Crippen molar-refractivity contribution in [2.24, 2.45) is 0 Å².